The molecule has 10 heteroatoms. The van der Waals surface area contributed by atoms with E-state index in [0.717, 1.165) is 37.4 Å². The van der Waals surface area contributed by atoms with Gasteiger partial charge in [0.05, 0.1) is 19.9 Å². The van der Waals surface area contributed by atoms with Gasteiger partial charge in [0.2, 0.25) is 5.91 Å². The molecule has 0 aliphatic heterocycles. The Morgan fingerprint density at radius 3 is 2.74 bits per heavy atom. The quantitative estimate of drug-likeness (QED) is 0.454. The van der Waals surface area contributed by atoms with Gasteiger partial charge in [-0.25, -0.2) is 13.8 Å². The van der Waals surface area contributed by atoms with Gasteiger partial charge in [-0.15, -0.1) is 22.7 Å². The van der Waals surface area contributed by atoms with E-state index in [2.05, 4.69) is 15.6 Å². The zero-order valence-corrected chi connectivity index (χ0v) is 18.1. The second kappa shape index (κ2) is 8.56. The minimum Gasteiger partial charge on any atom is -0.483 e. The maximum atomic E-state index is 13.6. The summed E-state index contributed by atoms with van der Waals surface area (Å²) in [6, 6.07) is 5.58. The van der Waals surface area contributed by atoms with Crippen molar-refractivity contribution in [2.75, 3.05) is 13.7 Å². The Hall–Kier alpha value is -3.11. The Balaban J connectivity index is 1.53. The molecule has 4 rings (SSSR count). The van der Waals surface area contributed by atoms with Crippen LogP contribution in [0.15, 0.2) is 35.7 Å². The Kier molecular flexibility index (Phi) is 5.84. The van der Waals surface area contributed by atoms with E-state index in [0.29, 0.717) is 5.75 Å². The highest BCUT2D eigenvalue weighted by Crippen LogP contribution is 2.38. The summed E-state index contributed by atoms with van der Waals surface area (Å²) in [6.45, 7) is 1.57. The van der Waals surface area contributed by atoms with E-state index in [4.69, 9.17) is 4.74 Å². The first kappa shape index (κ1) is 21.1. The summed E-state index contributed by atoms with van der Waals surface area (Å²) >= 11 is 3.07. The minimum absolute atomic E-state index is 0.119. The maximum absolute atomic E-state index is 13.6. The highest BCUT2D eigenvalue weighted by molar-refractivity contribution is 7.21. The van der Waals surface area contributed by atoms with Crippen LogP contribution in [0.3, 0.4) is 0 Å². The summed E-state index contributed by atoms with van der Waals surface area (Å²) < 4.78 is 34.5. The van der Waals surface area contributed by atoms with Crippen molar-refractivity contribution in [3.63, 3.8) is 0 Å². The monoisotopic (exact) mass is 461 g/mol. The second-order valence-electron chi connectivity index (χ2n) is 6.69. The van der Waals surface area contributed by atoms with Gasteiger partial charge < -0.3 is 15.4 Å². The lowest BCUT2D eigenvalue weighted by Gasteiger charge is -2.18. The molecule has 2 aromatic carbocycles. The molecule has 0 saturated heterocycles. The topological polar surface area (TPSA) is 80.3 Å². The van der Waals surface area contributed by atoms with Crippen molar-refractivity contribution in [1.82, 2.24) is 15.6 Å². The standard InChI is InChI=1S/C21H17F2N3O3S2/c1-10-25-19-16(31-10)8-15(12-5-6-30-20(12)19)29-9-17(27)26-18(21(28)24-2)11-3-4-13(22)14(23)7-11/h3-8,18H,9H2,1-2H3,(H,24,28)(H,26,27). The molecule has 0 spiro atoms. The number of thiazole rings is 1. The Morgan fingerprint density at radius 2 is 2.00 bits per heavy atom. The van der Waals surface area contributed by atoms with E-state index in [1.165, 1.54) is 24.5 Å². The highest BCUT2D eigenvalue weighted by atomic mass is 32.1. The molecule has 2 amide bonds. The largest absolute Gasteiger partial charge is 0.483 e. The van der Waals surface area contributed by atoms with Crippen LogP contribution in [0, 0.1) is 18.6 Å². The molecule has 0 aliphatic carbocycles. The number of carbonyl (C=O) groups is 2. The van der Waals surface area contributed by atoms with Crippen molar-refractivity contribution in [3.8, 4) is 5.75 Å². The molecular formula is C21H17F2N3O3S2. The van der Waals surface area contributed by atoms with Crippen molar-refractivity contribution < 1.29 is 23.1 Å². The van der Waals surface area contributed by atoms with Gasteiger partial charge in [-0.3, -0.25) is 9.59 Å². The molecule has 1 unspecified atom stereocenters. The molecule has 4 aromatic rings. The van der Waals surface area contributed by atoms with Gasteiger partial charge in [0, 0.05) is 18.5 Å². The van der Waals surface area contributed by atoms with Crippen LogP contribution >= 0.6 is 22.7 Å². The van der Waals surface area contributed by atoms with E-state index < -0.39 is 29.5 Å². The molecule has 6 nitrogen and oxygen atoms in total. The number of carbonyl (C=O) groups excluding carboxylic acids is 2. The minimum atomic E-state index is -1.19. The number of fused-ring (bicyclic) bond motifs is 3. The molecule has 0 fully saturated rings. The fraction of sp³-hybridized carbons (Fsp3) is 0.190. The lowest BCUT2D eigenvalue weighted by Crippen LogP contribution is -2.41. The van der Waals surface area contributed by atoms with Crippen molar-refractivity contribution in [2.24, 2.45) is 0 Å². The predicted octanol–water partition coefficient (Wildman–Crippen LogP) is 4.08. The van der Waals surface area contributed by atoms with Gasteiger partial charge >= 0.3 is 0 Å². The van der Waals surface area contributed by atoms with Gasteiger partial charge in [0.1, 0.15) is 11.8 Å². The van der Waals surface area contributed by atoms with Crippen LogP contribution < -0.4 is 15.4 Å². The third-order valence-electron chi connectivity index (χ3n) is 4.62. The van der Waals surface area contributed by atoms with Crippen LogP contribution in [-0.2, 0) is 9.59 Å². The molecule has 2 heterocycles. The number of rotatable bonds is 6. The number of hydrogen-bond acceptors (Lipinski definition) is 6. The Labute approximate surface area is 183 Å². The molecule has 2 aromatic heterocycles. The summed E-state index contributed by atoms with van der Waals surface area (Å²) in [5, 5.41) is 8.62. The van der Waals surface area contributed by atoms with Crippen LogP contribution in [0.25, 0.3) is 20.3 Å². The molecule has 0 aliphatic rings. The normalized spacial score (nSPS) is 12.1. The third-order valence-corrected chi connectivity index (χ3v) is 6.46. The van der Waals surface area contributed by atoms with Gasteiger partial charge in [0.25, 0.3) is 5.91 Å². The second-order valence-corrected chi connectivity index (χ2v) is 8.85. The lowest BCUT2D eigenvalue weighted by atomic mass is 10.1. The highest BCUT2D eigenvalue weighted by Gasteiger charge is 2.23. The number of halogens is 2. The fourth-order valence-electron chi connectivity index (χ4n) is 3.19. The van der Waals surface area contributed by atoms with Gasteiger partial charge in [-0.2, -0.15) is 0 Å². The maximum Gasteiger partial charge on any atom is 0.258 e. The molecule has 0 radical (unpaired) electrons. The number of hydrogen-bond donors (Lipinski definition) is 2. The molecule has 2 N–H and O–H groups in total. The first-order valence-electron chi connectivity index (χ1n) is 9.23. The molecule has 1 atom stereocenters. The Bertz CT molecular complexity index is 1300. The first-order valence-corrected chi connectivity index (χ1v) is 10.9. The van der Waals surface area contributed by atoms with Crippen LogP contribution in [0.5, 0.6) is 5.75 Å². The van der Waals surface area contributed by atoms with Gasteiger partial charge in [-0.05, 0) is 36.1 Å². The number of amides is 2. The number of aromatic nitrogens is 1. The van der Waals surface area contributed by atoms with Gasteiger partial charge in [0.15, 0.2) is 18.2 Å². The fourth-order valence-corrected chi connectivity index (χ4v) is 5.02. The smallest absolute Gasteiger partial charge is 0.258 e. The summed E-state index contributed by atoms with van der Waals surface area (Å²) in [6.07, 6.45) is 0. The molecule has 0 saturated carbocycles. The average Bonchev–Trinajstić information content (AvgIpc) is 3.37. The number of aryl methyl sites for hydroxylation is 1. The number of nitrogens with zero attached hydrogens (tertiary/aromatic N) is 1. The molecular weight excluding hydrogens is 444 g/mol. The number of thiophene rings is 1. The number of nitrogens with one attached hydrogen (secondary N) is 2. The van der Waals surface area contributed by atoms with E-state index in [-0.39, 0.29) is 12.2 Å². The zero-order valence-electron chi connectivity index (χ0n) is 16.5. The SMILES string of the molecule is CNC(=O)C(NC(=O)COc1cc2sc(C)nc2c2sccc12)c1ccc(F)c(F)c1. The summed E-state index contributed by atoms with van der Waals surface area (Å²) in [4.78, 5) is 29.3. The van der Waals surface area contributed by atoms with Crippen molar-refractivity contribution in [1.29, 1.82) is 0 Å². The van der Waals surface area contributed by atoms with Crippen LogP contribution in [0.2, 0.25) is 0 Å². The van der Waals surface area contributed by atoms with Crippen LogP contribution in [0.1, 0.15) is 16.6 Å². The van der Waals surface area contributed by atoms with Crippen LogP contribution in [0.4, 0.5) is 8.78 Å². The van der Waals surface area contributed by atoms with E-state index in [1.807, 2.05) is 24.4 Å². The van der Waals surface area contributed by atoms with Crippen molar-refractivity contribution in [3.05, 3.63) is 57.9 Å². The zero-order chi connectivity index (χ0) is 22.1. The number of likely N-dealkylation sites (N-methyl/N-ethyl adjacent to an activating group) is 1. The average molecular weight is 462 g/mol. The van der Waals surface area contributed by atoms with E-state index >= 15 is 0 Å². The molecule has 160 valence electrons. The van der Waals surface area contributed by atoms with Crippen LogP contribution in [-0.4, -0.2) is 30.5 Å². The molecule has 31 heavy (non-hydrogen) atoms. The molecule has 0 bridgehead atoms. The van der Waals surface area contributed by atoms with E-state index in [1.54, 1.807) is 11.3 Å². The number of ether oxygens (including phenoxy) is 1. The summed E-state index contributed by atoms with van der Waals surface area (Å²) in [7, 11) is 1.39. The third kappa shape index (κ3) is 4.21. The lowest BCUT2D eigenvalue weighted by molar-refractivity contribution is -0.129. The predicted molar refractivity (Wildman–Crippen MR) is 117 cm³/mol. The Morgan fingerprint density at radius 1 is 1.19 bits per heavy atom. The number of benzene rings is 2. The van der Waals surface area contributed by atoms with Gasteiger partial charge in [-0.1, -0.05) is 6.07 Å². The summed E-state index contributed by atoms with van der Waals surface area (Å²) in [5.74, 6) is -2.76. The first-order chi connectivity index (χ1) is 14.9. The van der Waals surface area contributed by atoms with Crippen molar-refractivity contribution in [2.45, 2.75) is 13.0 Å². The van der Waals surface area contributed by atoms with Crippen molar-refractivity contribution >= 4 is 54.8 Å². The summed E-state index contributed by atoms with van der Waals surface area (Å²) in [5.41, 5.74) is 1.02. The van der Waals surface area contributed by atoms with E-state index in [9.17, 15) is 18.4 Å².